The van der Waals surface area contributed by atoms with E-state index in [0.29, 0.717) is 11.4 Å². The van der Waals surface area contributed by atoms with E-state index >= 15 is 0 Å². The number of rotatable bonds is 2. The number of anilines is 2. The summed E-state index contributed by atoms with van der Waals surface area (Å²) >= 11 is 0. The number of aryl methyl sites for hydroxylation is 1. The summed E-state index contributed by atoms with van der Waals surface area (Å²) < 4.78 is 13.7. The molecule has 1 amide bonds. The first kappa shape index (κ1) is 13.1. The zero-order valence-electron chi connectivity index (χ0n) is 10.8. The maximum Gasteiger partial charge on any atom is 0.258 e. The van der Waals surface area contributed by atoms with Crippen LogP contribution in [0.3, 0.4) is 0 Å². The van der Waals surface area contributed by atoms with Gasteiger partial charge in [-0.15, -0.1) is 0 Å². The molecule has 0 aliphatic rings. The standard InChI is InChI=1S/C15H15FN2O/c1-9-6-7-11(12(16)8-9)15(19)18-14-5-3-4-13(17)10(14)2/h3-8H,17H2,1-2H3,(H,18,19). The Kier molecular flexibility index (Phi) is 3.51. The summed E-state index contributed by atoms with van der Waals surface area (Å²) in [5, 5.41) is 2.67. The van der Waals surface area contributed by atoms with Crippen LogP contribution in [0.4, 0.5) is 15.8 Å². The van der Waals surface area contributed by atoms with Crippen molar-refractivity contribution < 1.29 is 9.18 Å². The second kappa shape index (κ2) is 5.10. The fraction of sp³-hybridized carbons (Fsp3) is 0.133. The number of nitrogens with two attached hydrogens (primary N) is 1. The van der Waals surface area contributed by atoms with Crippen LogP contribution in [0.15, 0.2) is 36.4 Å². The monoisotopic (exact) mass is 258 g/mol. The molecule has 2 aromatic rings. The van der Waals surface area contributed by atoms with Gasteiger partial charge in [-0.3, -0.25) is 4.79 Å². The van der Waals surface area contributed by atoms with Crippen molar-refractivity contribution >= 4 is 17.3 Å². The van der Waals surface area contributed by atoms with Crippen LogP contribution in [0.5, 0.6) is 0 Å². The van der Waals surface area contributed by atoms with E-state index in [-0.39, 0.29) is 5.56 Å². The van der Waals surface area contributed by atoms with Crippen molar-refractivity contribution in [2.24, 2.45) is 0 Å². The van der Waals surface area contributed by atoms with E-state index in [1.165, 1.54) is 12.1 Å². The van der Waals surface area contributed by atoms with Gasteiger partial charge in [0.15, 0.2) is 0 Å². The van der Waals surface area contributed by atoms with Crippen LogP contribution in [0, 0.1) is 19.7 Å². The number of amides is 1. The maximum absolute atomic E-state index is 13.7. The minimum atomic E-state index is -0.529. The van der Waals surface area contributed by atoms with E-state index in [1.54, 1.807) is 38.1 Å². The van der Waals surface area contributed by atoms with E-state index in [1.807, 2.05) is 0 Å². The summed E-state index contributed by atoms with van der Waals surface area (Å²) in [6.07, 6.45) is 0. The molecule has 2 aromatic carbocycles. The van der Waals surface area contributed by atoms with Crippen LogP contribution in [0.25, 0.3) is 0 Å². The Morgan fingerprint density at radius 1 is 1.21 bits per heavy atom. The molecule has 2 rings (SSSR count). The minimum Gasteiger partial charge on any atom is -0.398 e. The van der Waals surface area contributed by atoms with Crippen LogP contribution in [0.1, 0.15) is 21.5 Å². The quantitative estimate of drug-likeness (QED) is 0.812. The molecule has 0 aliphatic heterocycles. The van der Waals surface area contributed by atoms with Crippen molar-refractivity contribution in [3.05, 3.63) is 58.9 Å². The number of carbonyl (C=O) groups excluding carboxylic acids is 1. The zero-order chi connectivity index (χ0) is 14.0. The van der Waals surface area contributed by atoms with Gasteiger partial charge < -0.3 is 11.1 Å². The van der Waals surface area contributed by atoms with Crippen LogP contribution in [-0.2, 0) is 0 Å². The molecule has 0 fully saturated rings. The molecule has 0 spiro atoms. The molecule has 0 saturated carbocycles. The van der Waals surface area contributed by atoms with E-state index in [9.17, 15) is 9.18 Å². The maximum atomic E-state index is 13.7. The van der Waals surface area contributed by atoms with E-state index in [4.69, 9.17) is 5.73 Å². The van der Waals surface area contributed by atoms with Crippen molar-refractivity contribution in [3.63, 3.8) is 0 Å². The first-order chi connectivity index (χ1) is 8.99. The molecule has 0 bridgehead atoms. The van der Waals surface area contributed by atoms with Crippen molar-refractivity contribution in [2.75, 3.05) is 11.1 Å². The Balaban J connectivity index is 2.28. The Morgan fingerprint density at radius 3 is 2.63 bits per heavy atom. The SMILES string of the molecule is Cc1ccc(C(=O)Nc2cccc(N)c2C)c(F)c1. The number of halogens is 1. The molecule has 3 N–H and O–H groups in total. The van der Waals surface area contributed by atoms with Gasteiger partial charge >= 0.3 is 0 Å². The summed E-state index contributed by atoms with van der Waals surface area (Å²) in [5.74, 6) is -1.01. The highest BCUT2D eigenvalue weighted by atomic mass is 19.1. The van der Waals surface area contributed by atoms with Crippen molar-refractivity contribution in [3.8, 4) is 0 Å². The van der Waals surface area contributed by atoms with Crippen LogP contribution in [0.2, 0.25) is 0 Å². The average Bonchev–Trinajstić information content (AvgIpc) is 2.34. The fourth-order valence-corrected chi connectivity index (χ4v) is 1.78. The molecule has 0 aliphatic carbocycles. The highest BCUT2D eigenvalue weighted by molar-refractivity contribution is 6.05. The molecule has 0 aromatic heterocycles. The third-order valence-corrected chi connectivity index (χ3v) is 2.99. The number of nitrogen functional groups attached to an aromatic ring is 1. The summed E-state index contributed by atoms with van der Waals surface area (Å²) in [4.78, 5) is 12.0. The van der Waals surface area contributed by atoms with Gasteiger partial charge in [-0.05, 0) is 49.2 Å². The van der Waals surface area contributed by atoms with Gasteiger partial charge in [0.05, 0.1) is 5.56 Å². The number of nitrogens with one attached hydrogen (secondary N) is 1. The van der Waals surface area contributed by atoms with E-state index < -0.39 is 11.7 Å². The smallest absolute Gasteiger partial charge is 0.258 e. The number of carbonyl (C=O) groups is 1. The molecule has 19 heavy (non-hydrogen) atoms. The van der Waals surface area contributed by atoms with Crippen molar-refractivity contribution in [2.45, 2.75) is 13.8 Å². The highest BCUT2D eigenvalue weighted by Gasteiger charge is 2.13. The van der Waals surface area contributed by atoms with Gasteiger partial charge in [0.1, 0.15) is 5.82 Å². The Labute approximate surface area is 111 Å². The van der Waals surface area contributed by atoms with E-state index in [0.717, 1.165) is 11.1 Å². The third-order valence-electron chi connectivity index (χ3n) is 2.99. The van der Waals surface area contributed by atoms with Crippen molar-refractivity contribution in [1.29, 1.82) is 0 Å². The first-order valence-corrected chi connectivity index (χ1v) is 5.91. The molecule has 0 atom stereocenters. The van der Waals surface area contributed by atoms with Gasteiger partial charge in [0, 0.05) is 11.4 Å². The Hall–Kier alpha value is -2.36. The Bertz CT molecular complexity index is 638. The lowest BCUT2D eigenvalue weighted by Gasteiger charge is -2.10. The third kappa shape index (κ3) is 2.73. The van der Waals surface area contributed by atoms with Crippen molar-refractivity contribution in [1.82, 2.24) is 0 Å². The molecular weight excluding hydrogens is 243 g/mol. The average molecular weight is 258 g/mol. The normalized spacial score (nSPS) is 10.3. The van der Waals surface area contributed by atoms with Gasteiger partial charge in [0.25, 0.3) is 5.91 Å². The molecule has 4 heteroatoms. The lowest BCUT2D eigenvalue weighted by Crippen LogP contribution is -2.15. The number of hydrogen-bond donors (Lipinski definition) is 2. The van der Waals surface area contributed by atoms with Gasteiger partial charge in [-0.1, -0.05) is 12.1 Å². The highest BCUT2D eigenvalue weighted by Crippen LogP contribution is 2.21. The van der Waals surface area contributed by atoms with Crippen LogP contribution in [-0.4, -0.2) is 5.91 Å². The molecule has 0 saturated heterocycles. The molecule has 98 valence electrons. The van der Waals surface area contributed by atoms with Crippen LogP contribution < -0.4 is 11.1 Å². The molecule has 3 nitrogen and oxygen atoms in total. The van der Waals surface area contributed by atoms with Gasteiger partial charge in [-0.2, -0.15) is 0 Å². The summed E-state index contributed by atoms with van der Waals surface area (Å²) in [7, 11) is 0. The predicted octanol–water partition coefficient (Wildman–Crippen LogP) is 3.28. The van der Waals surface area contributed by atoms with Gasteiger partial charge in [0.2, 0.25) is 0 Å². The predicted molar refractivity (Wildman–Crippen MR) is 74.7 cm³/mol. The lowest BCUT2D eigenvalue weighted by atomic mass is 10.1. The number of benzene rings is 2. The van der Waals surface area contributed by atoms with E-state index in [2.05, 4.69) is 5.32 Å². The summed E-state index contributed by atoms with van der Waals surface area (Å²) in [6, 6.07) is 9.73. The first-order valence-electron chi connectivity index (χ1n) is 5.91. The largest absolute Gasteiger partial charge is 0.398 e. The molecular formula is C15H15FN2O. The number of hydrogen-bond acceptors (Lipinski definition) is 2. The fourth-order valence-electron chi connectivity index (χ4n) is 1.78. The second-order valence-corrected chi connectivity index (χ2v) is 4.46. The topological polar surface area (TPSA) is 55.1 Å². The molecule has 0 heterocycles. The minimum absolute atomic E-state index is 0.0208. The summed E-state index contributed by atoms with van der Waals surface area (Å²) in [5.41, 5.74) is 8.49. The molecule has 0 radical (unpaired) electrons. The van der Waals surface area contributed by atoms with Crippen LogP contribution >= 0.6 is 0 Å². The second-order valence-electron chi connectivity index (χ2n) is 4.46. The summed E-state index contributed by atoms with van der Waals surface area (Å²) in [6.45, 7) is 3.57. The Morgan fingerprint density at radius 2 is 1.95 bits per heavy atom. The molecule has 0 unspecified atom stereocenters. The zero-order valence-corrected chi connectivity index (χ0v) is 10.8. The lowest BCUT2D eigenvalue weighted by molar-refractivity contribution is 0.102. The van der Waals surface area contributed by atoms with Gasteiger partial charge in [-0.25, -0.2) is 4.39 Å².